The van der Waals surface area contributed by atoms with E-state index in [4.69, 9.17) is 21.1 Å². The number of ether oxygens (including phenoxy) is 2. The van der Waals surface area contributed by atoms with Crippen LogP contribution in [0.3, 0.4) is 0 Å². The number of benzene rings is 2. The summed E-state index contributed by atoms with van der Waals surface area (Å²) < 4.78 is 12.3. The zero-order valence-electron chi connectivity index (χ0n) is 14.6. The van der Waals surface area contributed by atoms with Gasteiger partial charge in [-0.15, -0.1) is 12.4 Å². The van der Waals surface area contributed by atoms with Gasteiger partial charge in [-0.05, 0) is 52.2 Å². The molecule has 2 rings (SSSR count). The van der Waals surface area contributed by atoms with E-state index in [9.17, 15) is 0 Å². The summed E-state index contributed by atoms with van der Waals surface area (Å²) in [4.78, 5) is 0. The minimum Gasteiger partial charge on any atom is -0.493 e. The molecule has 0 fully saturated rings. The fourth-order valence-electron chi connectivity index (χ4n) is 2.29. The summed E-state index contributed by atoms with van der Waals surface area (Å²) in [6.07, 6.45) is 0. The zero-order valence-corrected chi connectivity index (χ0v) is 17.8. The van der Waals surface area contributed by atoms with Gasteiger partial charge in [-0.1, -0.05) is 43.6 Å². The Bertz CT molecular complexity index is 680. The standard InChI is InChI=1S/C19H23BrClNO2.ClH/c1-13(2)10-22-11-14-8-16(20)19(18(9-14)23-3)24-12-15-6-4-5-7-17(15)21;/h4-9,13,22H,10-12H2,1-3H3;1H. The Labute approximate surface area is 169 Å². The van der Waals surface area contributed by atoms with E-state index in [0.29, 0.717) is 29.0 Å². The molecular formula is C19H24BrCl2NO2. The van der Waals surface area contributed by atoms with Crippen LogP contribution in [0.5, 0.6) is 11.5 Å². The molecule has 0 radical (unpaired) electrons. The molecular weight excluding hydrogens is 425 g/mol. The van der Waals surface area contributed by atoms with Crippen LogP contribution in [-0.2, 0) is 13.2 Å². The Hall–Kier alpha value is -0.940. The van der Waals surface area contributed by atoms with Crippen molar-refractivity contribution >= 4 is 39.9 Å². The highest BCUT2D eigenvalue weighted by molar-refractivity contribution is 9.10. The van der Waals surface area contributed by atoms with Gasteiger partial charge in [0.1, 0.15) is 6.61 Å². The number of hydrogen-bond acceptors (Lipinski definition) is 3. The van der Waals surface area contributed by atoms with Crippen molar-refractivity contribution in [3.05, 3.63) is 57.0 Å². The largest absolute Gasteiger partial charge is 0.493 e. The second-order valence-corrected chi connectivity index (χ2v) is 7.28. The van der Waals surface area contributed by atoms with Gasteiger partial charge in [-0.3, -0.25) is 0 Å². The first-order valence-electron chi connectivity index (χ1n) is 7.94. The Morgan fingerprint density at radius 2 is 1.92 bits per heavy atom. The molecule has 2 aromatic carbocycles. The van der Waals surface area contributed by atoms with Gasteiger partial charge in [0.25, 0.3) is 0 Å². The van der Waals surface area contributed by atoms with E-state index >= 15 is 0 Å². The van der Waals surface area contributed by atoms with Crippen molar-refractivity contribution in [1.29, 1.82) is 0 Å². The van der Waals surface area contributed by atoms with Gasteiger partial charge in [0.05, 0.1) is 11.6 Å². The molecule has 6 heteroatoms. The van der Waals surface area contributed by atoms with Gasteiger partial charge in [0.2, 0.25) is 0 Å². The molecule has 0 unspecified atom stereocenters. The number of halogens is 3. The second-order valence-electron chi connectivity index (χ2n) is 6.01. The molecule has 0 aliphatic carbocycles. The smallest absolute Gasteiger partial charge is 0.175 e. The quantitative estimate of drug-likeness (QED) is 0.548. The monoisotopic (exact) mass is 447 g/mol. The highest BCUT2D eigenvalue weighted by Crippen LogP contribution is 2.37. The third-order valence-electron chi connectivity index (χ3n) is 3.50. The van der Waals surface area contributed by atoms with Crippen LogP contribution in [0, 0.1) is 5.92 Å². The molecule has 0 bridgehead atoms. The Kier molecular flexibility index (Phi) is 9.65. The third-order valence-corrected chi connectivity index (χ3v) is 4.46. The van der Waals surface area contributed by atoms with Crippen LogP contribution in [0.4, 0.5) is 0 Å². The topological polar surface area (TPSA) is 30.5 Å². The minimum absolute atomic E-state index is 0. The van der Waals surface area contributed by atoms with E-state index in [1.807, 2.05) is 30.3 Å². The highest BCUT2D eigenvalue weighted by atomic mass is 79.9. The average Bonchev–Trinajstić information content (AvgIpc) is 2.54. The molecule has 0 spiro atoms. The van der Waals surface area contributed by atoms with E-state index in [0.717, 1.165) is 28.7 Å². The van der Waals surface area contributed by atoms with Crippen molar-refractivity contribution in [2.45, 2.75) is 27.0 Å². The molecule has 25 heavy (non-hydrogen) atoms. The molecule has 2 aromatic rings. The van der Waals surface area contributed by atoms with Crippen LogP contribution in [0.1, 0.15) is 25.0 Å². The lowest BCUT2D eigenvalue weighted by Gasteiger charge is -2.15. The summed E-state index contributed by atoms with van der Waals surface area (Å²) >= 11 is 9.77. The van der Waals surface area contributed by atoms with E-state index < -0.39 is 0 Å². The second kappa shape index (κ2) is 10.9. The van der Waals surface area contributed by atoms with Crippen LogP contribution < -0.4 is 14.8 Å². The predicted molar refractivity (Wildman–Crippen MR) is 110 cm³/mol. The molecule has 0 amide bonds. The minimum atomic E-state index is 0. The molecule has 3 nitrogen and oxygen atoms in total. The number of nitrogens with one attached hydrogen (secondary N) is 1. The predicted octanol–water partition coefficient (Wildman–Crippen LogP) is 5.86. The summed E-state index contributed by atoms with van der Waals surface area (Å²) in [7, 11) is 1.65. The lowest BCUT2D eigenvalue weighted by molar-refractivity contribution is 0.282. The van der Waals surface area contributed by atoms with E-state index in [1.54, 1.807) is 7.11 Å². The van der Waals surface area contributed by atoms with Gasteiger partial charge < -0.3 is 14.8 Å². The maximum absolute atomic E-state index is 6.18. The van der Waals surface area contributed by atoms with Gasteiger partial charge in [0, 0.05) is 17.1 Å². The van der Waals surface area contributed by atoms with E-state index in [2.05, 4.69) is 41.2 Å². The van der Waals surface area contributed by atoms with Gasteiger partial charge in [-0.25, -0.2) is 0 Å². The molecule has 0 atom stereocenters. The van der Waals surface area contributed by atoms with Crippen molar-refractivity contribution in [2.24, 2.45) is 5.92 Å². The van der Waals surface area contributed by atoms with Crippen molar-refractivity contribution < 1.29 is 9.47 Å². The number of methoxy groups -OCH3 is 1. The summed E-state index contributed by atoms with van der Waals surface area (Å²) in [5.74, 6) is 2.01. The van der Waals surface area contributed by atoms with Gasteiger partial charge in [-0.2, -0.15) is 0 Å². The van der Waals surface area contributed by atoms with Gasteiger partial charge >= 0.3 is 0 Å². The van der Waals surface area contributed by atoms with Crippen LogP contribution in [-0.4, -0.2) is 13.7 Å². The van der Waals surface area contributed by atoms with Crippen molar-refractivity contribution in [2.75, 3.05) is 13.7 Å². The summed E-state index contributed by atoms with van der Waals surface area (Å²) in [5.41, 5.74) is 2.08. The SMILES string of the molecule is COc1cc(CNCC(C)C)cc(Br)c1OCc1ccccc1Cl.Cl. The molecule has 0 saturated heterocycles. The van der Waals surface area contributed by atoms with Crippen LogP contribution in [0.25, 0.3) is 0 Å². The van der Waals surface area contributed by atoms with Crippen LogP contribution in [0.2, 0.25) is 5.02 Å². The Balaban J connectivity index is 0.00000312. The first-order valence-corrected chi connectivity index (χ1v) is 9.11. The molecule has 0 heterocycles. The fraction of sp³-hybridized carbons (Fsp3) is 0.368. The summed E-state index contributed by atoms with van der Waals surface area (Å²) in [5, 5.41) is 4.13. The summed E-state index contributed by atoms with van der Waals surface area (Å²) in [6, 6.07) is 11.7. The first-order chi connectivity index (χ1) is 11.5. The Morgan fingerprint density at radius 1 is 1.20 bits per heavy atom. The molecule has 0 saturated carbocycles. The van der Waals surface area contributed by atoms with Gasteiger partial charge in [0.15, 0.2) is 11.5 Å². The van der Waals surface area contributed by atoms with Crippen LogP contribution >= 0.6 is 39.9 Å². The van der Waals surface area contributed by atoms with Crippen molar-refractivity contribution in [3.8, 4) is 11.5 Å². The highest BCUT2D eigenvalue weighted by Gasteiger charge is 2.13. The number of hydrogen-bond donors (Lipinski definition) is 1. The molecule has 0 aromatic heterocycles. The zero-order chi connectivity index (χ0) is 17.5. The maximum Gasteiger partial charge on any atom is 0.175 e. The third kappa shape index (κ3) is 6.70. The molecule has 0 aliphatic heterocycles. The Morgan fingerprint density at radius 3 is 2.56 bits per heavy atom. The van der Waals surface area contributed by atoms with Crippen molar-refractivity contribution in [1.82, 2.24) is 5.32 Å². The lowest BCUT2D eigenvalue weighted by atomic mass is 10.1. The van der Waals surface area contributed by atoms with Crippen molar-refractivity contribution in [3.63, 3.8) is 0 Å². The van der Waals surface area contributed by atoms with E-state index in [1.165, 1.54) is 0 Å². The average molecular weight is 449 g/mol. The fourth-order valence-corrected chi connectivity index (χ4v) is 3.08. The maximum atomic E-state index is 6.18. The first kappa shape index (κ1) is 22.1. The van der Waals surface area contributed by atoms with Crippen LogP contribution in [0.15, 0.2) is 40.9 Å². The molecule has 138 valence electrons. The summed E-state index contributed by atoms with van der Waals surface area (Å²) in [6.45, 7) is 6.53. The van der Waals surface area contributed by atoms with E-state index in [-0.39, 0.29) is 12.4 Å². The lowest BCUT2D eigenvalue weighted by Crippen LogP contribution is -2.19. The normalized spacial score (nSPS) is 10.5. The number of rotatable bonds is 8. The molecule has 0 aliphatic rings. The molecule has 1 N–H and O–H groups in total.